The quantitative estimate of drug-likeness (QED) is 0.457. The summed E-state index contributed by atoms with van der Waals surface area (Å²) in [5.41, 5.74) is 13.4. The molecule has 106 valence electrons. The highest BCUT2D eigenvalue weighted by Gasteiger charge is 2.23. The maximum absolute atomic E-state index is 5.79. The molecule has 0 saturated heterocycles. The number of anilines is 1. The van der Waals surface area contributed by atoms with Gasteiger partial charge in [-0.3, -0.25) is 0 Å². The van der Waals surface area contributed by atoms with E-state index in [4.69, 9.17) is 5.73 Å². The highest BCUT2D eigenvalue weighted by atomic mass is 127. The molecule has 3 aromatic rings. The first kappa shape index (κ1) is 14.5. The van der Waals surface area contributed by atoms with E-state index < -0.39 is 0 Å². The van der Waals surface area contributed by atoms with Gasteiger partial charge in [0.1, 0.15) is 0 Å². The molecule has 2 nitrogen and oxygen atoms in total. The molecule has 0 bridgehead atoms. The third-order valence-corrected chi connectivity index (χ3v) is 4.77. The number of halogens is 1. The van der Waals surface area contributed by atoms with Crippen LogP contribution in [-0.4, -0.2) is 4.98 Å². The molecule has 0 saturated carbocycles. The van der Waals surface area contributed by atoms with Gasteiger partial charge in [0.2, 0.25) is 0 Å². The zero-order valence-corrected chi connectivity index (χ0v) is 14.7. The number of nitrogens with zero attached hydrogens (tertiary/aromatic N) is 1. The molecule has 2 aromatic carbocycles. The molecule has 4 rings (SSSR count). The van der Waals surface area contributed by atoms with Crippen molar-refractivity contribution in [3.63, 3.8) is 0 Å². The summed E-state index contributed by atoms with van der Waals surface area (Å²) in [6, 6.07) is 15.2. The lowest BCUT2D eigenvalue weighted by Crippen LogP contribution is -1.87. The molecule has 21 heavy (non-hydrogen) atoms. The lowest BCUT2D eigenvalue weighted by atomic mass is 9.97. The second-order valence-electron chi connectivity index (χ2n) is 5.19. The van der Waals surface area contributed by atoms with Gasteiger partial charge in [-0.15, -0.1) is 35.3 Å². The van der Waals surface area contributed by atoms with Crippen molar-refractivity contribution in [2.24, 2.45) is 0 Å². The van der Waals surface area contributed by atoms with Gasteiger partial charge in [-0.2, -0.15) is 0 Å². The Morgan fingerprint density at radius 2 is 1.90 bits per heavy atom. The maximum Gasteiger partial charge on any atom is 0.180 e. The van der Waals surface area contributed by atoms with Crippen LogP contribution in [0, 0.1) is 6.92 Å². The Morgan fingerprint density at radius 3 is 2.71 bits per heavy atom. The Morgan fingerprint density at radius 1 is 1.10 bits per heavy atom. The summed E-state index contributed by atoms with van der Waals surface area (Å²) in [6.07, 6.45) is 0.958. The smallest absolute Gasteiger partial charge is 0.180 e. The molecule has 1 aliphatic carbocycles. The van der Waals surface area contributed by atoms with Gasteiger partial charge in [0, 0.05) is 16.9 Å². The zero-order chi connectivity index (χ0) is 13.7. The molecule has 4 heteroatoms. The number of aryl methyl sites for hydroxylation is 1. The van der Waals surface area contributed by atoms with Crippen molar-refractivity contribution in [3.8, 4) is 22.4 Å². The summed E-state index contributed by atoms with van der Waals surface area (Å²) in [5, 5.41) is 0.670. The summed E-state index contributed by atoms with van der Waals surface area (Å²) in [7, 11) is 0. The minimum atomic E-state index is 0. The van der Waals surface area contributed by atoms with Gasteiger partial charge >= 0.3 is 0 Å². The molecule has 2 N–H and O–H groups in total. The predicted molar refractivity (Wildman–Crippen MR) is 100 cm³/mol. The van der Waals surface area contributed by atoms with Crippen LogP contribution in [-0.2, 0) is 6.42 Å². The molecule has 1 aliphatic rings. The third kappa shape index (κ3) is 2.36. The van der Waals surface area contributed by atoms with Gasteiger partial charge in [0.15, 0.2) is 5.13 Å². The molecule has 0 aliphatic heterocycles. The van der Waals surface area contributed by atoms with Crippen molar-refractivity contribution in [2.45, 2.75) is 13.3 Å². The highest BCUT2D eigenvalue weighted by molar-refractivity contribution is 14.0. The number of hydrogen-bond donors (Lipinski definition) is 1. The van der Waals surface area contributed by atoms with E-state index in [0.717, 1.165) is 12.1 Å². The first-order valence-electron chi connectivity index (χ1n) is 6.67. The van der Waals surface area contributed by atoms with Crippen LogP contribution in [0.4, 0.5) is 5.13 Å². The van der Waals surface area contributed by atoms with Crippen LogP contribution in [0.3, 0.4) is 0 Å². The number of benzene rings is 2. The number of rotatable bonds is 1. The van der Waals surface area contributed by atoms with Crippen LogP contribution in [0.15, 0.2) is 42.5 Å². The Kier molecular flexibility index (Phi) is 3.75. The van der Waals surface area contributed by atoms with Crippen LogP contribution < -0.4 is 5.73 Å². The average Bonchev–Trinajstić information content (AvgIpc) is 2.94. The van der Waals surface area contributed by atoms with Crippen LogP contribution in [0.2, 0.25) is 0 Å². The minimum Gasteiger partial charge on any atom is -0.375 e. The highest BCUT2D eigenvalue weighted by Crippen LogP contribution is 2.41. The average molecular weight is 406 g/mol. The second kappa shape index (κ2) is 5.42. The second-order valence-corrected chi connectivity index (χ2v) is 6.30. The fourth-order valence-corrected chi connectivity index (χ4v) is 3.78. The van der Waals surface area contributed by atoms with E-state index in [1.54, 1.807) is 11.3 Å². The number of aromatic nitrogens is 1. The topological polar surface area (TPSA) is 38.9 Å². The molecule has 0 radical (unpaired) electrons. The van der Waals surface area contributed by atoms with Crippen molar-refractivity contribution in [3.05, 3.63) is 58.5 Å². The van der Waals surface area contributed by atoms with Crippen LogP contribution in [0.1, 0.15) is 16.0 Å². The first-order chi connectivity index (χ1) is 9.72. The molecule has 0 fully saturated rings. The number of thiazole rings is 1. The van der Waals surface area contributed by atoms with Crippen molar-refractivity contribution >= 4 is 40.4 Å². The Hall–Kier alpha value is -1.40. The molecule has 1 aromatic heterocycles. The molecule has 1 heterocycles. The summed E-state index contributed by atoms with van der Waals surface area (Å²) in [4.78, 5) is 5.74. The first-order valence-corrected chi connectivity index (χ1v) is 7.48. The van der Waals surface area contributed by atoms with Crippen molar-refractivity contribution in [1.82, 2.24) is 4.98 Å². The Balaban J connectivity index is 0.00000132. The largest absolute Gasteiger partial charge is 0.375 e. The van der Waals surface area contributed by atoms with E-state index in [9.17, 15) is 0 Å². The number of hydrogen-bond acceptors (Lipinski definition) is 3. The van der Waals surface area contributed by atoms with Gasteiger partial charge in [0.25, 0.3) is 0 Å². The van der Waals surface area contributed by atoms with Gasteiger partial charge in [-0.25, -0.2) is 4.98 Å². The monoisotopic (exact) mass is 406 g/mol. The van der Waals surface area contributed by atoms with E-state index in [1.807, 2.05) is 0 Å². The lowest BCUT2D eigenvalue weighted by Gasteiger charge is -2.08. The van der Waals surface area contributed by atoms with Gasteiger partial charge in [-0.05, 0) is 29.2 Å². The van der Waals surface area contributed by atoms with Crippen LogP contribution >= 0.6 is 35.3 Å². The Labute approximate surface area is 145 Å². The van der Waals surface area contributed by atoms with Gasteiger partial charge < -0.3 is 5.73 Å². The van der Waals surface area contributed by atoms with Crippen LogP contribution in [0.5, 0.6) is 0 Å². The summed E-state index contributed by atoms with van der Waals surface area (Å²) < 4.78 is 0. The molecular formula is C17H15IN2S. The Bertz CT molecular complexity index is 823. The van der Waals surface area contributed by atoms with Crippen molar-refractivity contribution < 1.29 is 0 Å². The molecule has 0 spiro atoms. The van der Waals surface area contributed by atoms with E-state index >= 15 is 0 Å². The molecule has 0 unspecified atom stereocenters. The standard InChI is InChI=1S/C17H14N2S.HI/c1-10-4-2-3-5-13(10)11-6-7-14-12(8-11)9-15-16(14)19-17(18)20-15;/h2-8H,9H2,1H3,(H2,18,19);1H. The zero-order valence-electron chi connectivity index (χ0n) is 11.6. The normalized spacial score (nSPS) is 11.7. The fraction of sp³-hybridized carbons (Fsp3) is 0.118. The summed E-state index contributed by atoms with van der Waals surface area (Å²) in [6.45, 7) is 2.15. The molecule has 0 amide bonds. The summed E-state index contributed by atoms with van der Waals surface area (Å²) >= 11 is 1.60. The number of nitrogen functional groups attached to an aromatic ring is 1. The van der Waals surface area contributed by atoms with Gasteiger partial charge in [-0.1, -0.05) is 42.5 Å². The van der Waals surface area contributed by atoms with Crippen molar-refractivity contribution in [2.75, 3.05) is 5.73 Å². The van der Waals surface area contributed by atoms with Crippen LogP contribution in [0.25, 0.3) is 22.4 Å². The molecular weight excluding hydrogens is 391 g/mol. The number of nitrogens with two attached hydrogens (primary N) is 1. The van der Waals surface area contributed by atoms with E-state index in [-0.39, 0.29) is 24.0 Å². The van der Waals surface area contributed by atoms with Crippen molar-refractivity contribution in [1.29, 1.82) is 0 Å². The minimum absolute atomic E-state index is 0. The molecule has 0 atom stereocenters. The van der Waals surface area contributed by atoms with Gasteiger partial charge in [0.05, 0.1) is 5.69 Å². The van der Waals surface area contributed by atoms with E-state index in [0.29, 0.717) is 5.13 Å². The predicted octanol–water partition coefficient (Wildman–Crippen LogP) is 4.89. The SMILES string of the molecule is Cc1ccccc1-c1ccc2c(c1)Cc1sc(N)nc1-2.I. The van der Waals surface area contributed by atoms with E-state index in [1.165, 1.54) is 32.7 Å². The summed E-state index contributed by atoms with van der Waals surface area (Å²) in [5.74, 6) is 0. The lowest BCUT2D eigenvalue weighted by molar-refractivity contribution is 1.30. The maximum atomic E-state index is 5.79. The fourth-order valence-electron chi connectivity index (χ4n) is 2.91. The third-order valence-electron chi connectivity index (χ3n) is 3.88. The van der Waals surface area contributed by atoms with E-state index in [2.05, 4.69) is 54.4 Å². The number of fused-ring (bicyclic) bond motifs is 3.